The Bertz CT molecular complexity index is 1210. The van der Waals surface area contributed by atoms with Gasteiger partial charge in [-0.05, 0) is 12.8 Å². The quantitative estimate of drug-likeness (QED) is 0.0308. The first-order valence-corrected chi connectivity index (χ1v) is 28.0. The third kappa shape index (κ3) is 26.6. The molecule has 0 unspecified atom stereocenters. The van der Waals surface area contributed by atoms with Gasteiger partial charge < -0.3 is 75.3 Å². The molecule has 0 spiro atoms. The van der Waals surface area contributed by atoms with Crippen LogP contribution in [-0.4, -0.2) is 163 Å². The van der Waals surface area contributed by atoms with Crippen LogP contribution >= 0.6 is 0 Å². The van der Waals surface area contributed by atoms with Crippen molar-refractivity contribution in [2.75, 3.05) is 19.8 Å². The Morgan fingerprint density at radius 3 is 1.36 bits per heavy atom. The van der Waals surface area contributed by atoms with Gasteiger partial charge in [0.15, 0.2) is 12.6 Å². The van der Waals surface area contributed by atoms with Crippen LogP contribution in [-0.2, 0) is 23.7 Å². The van der Waals surface area contributed by atoms with Crippen molar-refractivity contribution in [3.8, 4) is 0 Å². The number of nitrogens with one attached hydrogen (secondary N) is 1. The second kappa shape index (κ2) is 40.3. The highest BCUT2D eigenvalue weighted by molar-refractivity contribution is 5.80. The standard InChI is InChI=1S/C53H103NO15/c1-3-5-7-9-11-13-15-17-19-20-21-23-25-27-29-31-33-35-41(58)51(65)54-39(44(60)40(57)34-32-30-28-26-24-22-18-16-14-12-10-8-6-4-2)38-66-52-48(64)50(45(61)43(37-56)67-52)69-53-47(63)46(62)49(68-53)42(59)36-55/h39-50,52-53,55-64H,3-38H2,1-2H3,(H,54,65)/t39-,40+,41+,42+,43+,44-,45-,46+,47+,48+,49-,50-,52-,53-/m0/s1. The van der Waals surface area contributed by atoms with Crippen LogP contribution in [0.3, 0.4) is 0 Å². The smallest absolute Gasteiger partial charge is 0.249 e. The maximum Gasteiger partial charge on any atom is 0.249 e. The van der Waals surface area contributed by atoms with Crippen LogP contribution in [0.5, 0.6) is 0 Å². The highest BCUT2D eigenvalue weighted by Gasteiger charge is 2.52. The summed E-state index contributed by atoms with van der Waals surface area (Å²) >= 11 is 0. The van der Waals surface area contributed by atoms with Gasteiger partial charge in [-0.15, -0.1) is 0 Å². The van der Waals surface area contributed by atoms with Crippen molar-refractivity contribution in [2.45, 2.75) is 312 Å². The Balaban J connectivity index is 1.89. The molecule has 11 N–H and O–H groups in total. The van der Waals surface area contributed by atoms with Gasteiger partial charge in [-0.25, -0.2) is 0 Å². The van der Waals surface area contributed by atoms with E-state index in [1.807, 2.05) is 0 Å². The maximum absolute atomic E-state index is 13.4. The van der Waals surface area contributed by atoms with Crippen molar-refractivity contribution < 1.29 is 74.8 Å². The van der Waals surface area contributed by atoms with Crippen LogP contribution in [0.4, 0.5) is 0 Å². The largest absolute Gasteiger partial charge is 0.394 e. The van der Waals surface area contributed by atoms with E-state index in [2.05, 4.69) is 19.2 Å². The monoisotopic (exact) mass is 994 g/mol. The fraction of sp³-hybridized carbons (Fsp3) is 0.981. The van der Waals surface area contributed by atoms with Crippen molar-refractivity contribution in [3.63, 3.8) is 0 Å². The molecule has 0 aliphatic carbocycles. The van der Waals surface area contributed by atoms with Gasteiger partial charge in [0.05, 0.1) is 32.0 Å². The van der Waals surface area contributed by atoms with Crippen LogP contribution in [0.1, 0.15) is 226 Å². The number of rotatable bonds is 45. The molecule has 16 heteroatoms. The van der Waals surface area contributed by atoms with Gasteiger partial charge in [-0.2, -0.15) is 0 Å². The molecule has 0 saturated carbocycles. The summed E-state index contributed by atoms with van der Waals surface area (Å²) in [5, 5.41) is 109. The predicted molar refractivity (Wildman–Crippen MR) is 266 cm³/mol. The van der Waals surface area contributed by atoms with Crippen LogP contribution < -0.4 is 5.32 Å². The van der Waals surface area contributed by atoms with Crippen LogP contribution in [0.25, 0.3) is 0 Å². The van der Waals surface area contributed by atoms with Gasteiger partial charge in [0.1, 0.15) is 61.0 Å². The average molecular weight is 994 g/mol. The molecule has 1 amide bonds. The number of hydrogen-bond acceptors (Lipinski definition) is 15. The number of aliphatic hydroxyl groups is 10. The van der Waals surface area contributed by atoms with Gasteiger partial charge in [0.25, 0.3) is 0 Å². The number of ether oxygens (including phenoxy) is 4. The zero-order valence-electron chi connectivity index (χ0n) is 43.1. The molecule has 2 aliphatic heterocycles. The van der Waals surface area contributed by atoms with Crippen molar-refractivity contribution in [3.05, 3.63) is 0 Å². The van der Waals surface area contributed by atoms with Crippen LogP contribution in [0.2, 0.25) is 0 Å². The average Bonchev–Trinajstić information content (AvgIpc) is 3.63. The zero-order valence-corrected chi connectivity index (χ0v) is 43.1. The Morgan fingerprint density at radius 1 is 0.522 bits per heavy atom. The summed E-state index contributed by atoms with van der Waals surface area (Å²) in [4.78, 5) is 13.4. The second-order valence-electron chi connectivity index (χ2n) is 20.4. The van der Waals surface area contributed by atoms with Gasteiger partial charge in [0.2, 0.25) is 5.91 Å². The number of carbonyl (C=O) groups excluding carboxylic acids is 1. The lowest BCUT2D eigenvalue weighted by atomic mass is 9.98. The summed E-state index contributed by atoms with van der Waals surface area (Å²) in [5.41, 5.74) is 0. The maximum atomic E-state index is 13.4. The number of hydrogen-bond donors (Lipinski definition) is 11. The molecular formula is C53H103NO15. The van der Waals surface area contributed by atoms with Crippen LogP contribution in [0.15, 0.2) is 0 Å². The van der Waals surface area contributed by atoms with E-state index < -0.39 is 111 Å². The van der Waals surface area contributed by atoms with Crippen molar-refractivity contribution in [1.82, 2.24) is 5.32 Å². The molecule has 2 rings (SSSR count). The molecule has 2 aliphatic rings. The van der Waals surface area contributed by atoms with E-state index in [4.69, 9.17) is 18.9 Å². The predicted octanol–water partition coefficient (Wildman–Crippen LogP) is 6.11. The first kappa shape index (κ1) is 64.0. The highest BCUT2D eigenvalue weighted by Crippen LogP contribution is 2.31. The Labute approximate surface area is 416 Å². The summed E-state index contributed by atoms with van der Waals surface area (Å²) < 4.78 is 22.6. The van der Waals surface area contributed by atoms with Crippen molar-refractivity contribution >= 4 is 5.91 Å². The first-order chi connectivity index (χ1) is 33.4. The molecule has 69 heavy (non-hydrogen) atoms. The van der Waals surface area contributed by atoms with Gasteiger partial charge in [-0.3, -0.25) is 4.79 Å². The molecule has 0 aromatic carbocycles. The fourth-order valence-corrected chi connectivity index (χ4v) is 9.60. The molecule has 2 fully saturated rings. The Kier molecular flexibility index (Phi) is 37.4. The number of unbranched alkanes of at least 4 members (excludes halogenated alkanes) is 29. The molecule has 0 radical (unpaired) electrons. The van der Waals surface area contributed by atoms with Crippen molar-refractivity contribution in [2.24, 2.45) is 0 Å². The molecule has 0 aromatic rings. The molecule has 2 heterocycles. The molecule has 14 atom stereocenters. The minimum Gasteiger partial charge on any atom is -0.394 e. The van der Waals surface area contributed by atoms with Gasteiger partial charge >= 0.3 is 0 Å². The zero-order chi connectivity index (χ0) is 50.7. The second-order valence-corrected chi connectivity index (χ2v) is 20.4. The number of carbonyl (C=O) groups is 1. The lowest BCUT2D eigenvalue weighted by Crippen LogP contribution is -2.62. The van der Waals surface area contributed by atoms with E-state index >= 15 is 0 Å². The topological polar surface area (TPSA) is 268 Å². The van der Waals surface area contributed by atoms with Crippen LogP contribution in [0, 0.1) is 0 Å². The molecule has 0 aromatic heterocycles. The summed E-state index contributed by atoms with van der Waals surface area (Å²) in [5.74, 6) is -0.761. The number of amides is 1. The Morgan fingerprint density at radius 2 is 0.942 bits per heavy atom. The van der Waals surface area contributed by atoms with E-state index in [9.17, 15) is 55.9 Å². The van der Waals surface area contributed by atoms with Gasteiger partial charge in [-0.1, -0.05) is 213 Å². The Hall–Kier alpha value is -1.09. The first-order valence-electron chi connectivity index (χ1n) is 28.0. The van der Waals surface area contributed by atoms with E-state index in [1.165, 1.54) is 141 Å². The van der Waals surface area contributed by atoms with Gasteiger partial charge in [0, 0.05) is 0 Å². The van der Waals surface area contributed by atoms with E-state index in [1.54, 1.807) is 0 Å². The van der Waals surface area contributed by atoms with E-state index in [0.29, 0.717) is 12.8 Å². The van der Waals surface area contributed by atoms with E-state index in [0.717, 1.165) is 44.9 Å². The SMILES string of the molecule is CCCCCCCCCCCCCCCCCCC[C@@H](O)C(=O)N[C@@H](CO[C@H]1O[C@H](CO)[C@H](O)[C@H](O[C@@H]2O[C@@H]([C@H](O)CO)[C@H](O)[C@H]2O)[C@H]1O)[C@H](O)[C@H](O)CCCCCCCCCCCCCCCC. The summed E-state index contributed by atoms with van der Waals surface area (Å²) in [7, 11) is 0. The normalized spacial score (nSPS) is 26.2. The summed E-state index contributed by atoms with van der Waals surface area (Å²) in [6.45, 7) is 2.39. The lowest BCUT2D eigenvalue weighted by Gasteiger charge is -2.43. The molecule has 410 valence electrons. The lowest BCUT2D eigenvalue weighted by molar-refractivity contribution is -0.332. The number of aliphatic hydroxyl groups excluding tert-OH is 10. The fourth-order valence-electron chi connectivity index (χ4n) is 9.60. The summed E-state index contributed by atoms with van der Waals surface area (Å²) in [6, 6.07) is -1.28. The molecule has 16 nitrogen and oxygen atoms in total. The minimum atomic E-state index is -1.82. The molecule has 0 bridgehead atoms. The summed E-state index contributed by atoms with van der Waals surface area (Å²) in [6.07, 6.45) is 16.9. The van der Waals surface area contributed by atoms with E-state index in [-0.39, 0.29) is 12.8 Å². The third-order valence-corrected chi connectivity index (χ3v) is 14.2. The molecular weight excluding hydrogens is 891 g/mol. The third-order valence-electron chi connectivity index (χ3n) is 14.2. The minimum absolute atomic E-state index is 0.204. The highest BCUT2D eigenvalue weighted by atomic mass is 16.7. The van der Waals surface area contributed by atoms with Crippen molar-refractivity contribution in [1.29, 1.82) is 0 Å². The molecule has 2 saturated heterocycles.